The Bertz CT molecular complexity index is 639. The van der Waals surface area contributed by atoms with E-state index >= 15 is 0 Å². The maximum Gasteiger partial charge on any atom is 0.255 e. The summed E-state index contributed by atoms with van der Waals surface area (Å²) in [6.07, 6.45) is 3.02. The van der Waals surface area contributed by atoms with Gasteiger partial charge in [0.25, 0.3) is 5.91 Å². The SMILES string of the molecule is CC(CF)Nc1cc(Cl)ncc1C(=O)NCc1ccccn1. The Morgan fingerprint density at radius 2 is 2.23 bits per heavy atom. The molecule has 0 aliphatic rings. The number of hydrogen-bond donors (Lipinski definition) is 2. The average Bonchev–Trinajstić information content (AvgIpc) is 2.53. The van der Waals surface area contributed by atoms with Crippen LogP contribution in [-0.2, 0) is 6.54 Å². The molecule has 1 amide bonds. The van der Waals surface area contributed by atoms with E-state index in [2.05, 4.69) is 20.6 Å². The van der Waals surface area contributed by atoms with Crippen molar-refractivity contribution in [1.29, 1.82) is 0 Å². The zero-order chi connectivity index (χ0) is 15.9. The molecule has 0 fully saturated rings. The van der Waals surface area contributed by atoms with Gasteiger partial charge in [0.05, 0.1) is 29.5 Å². The molecule has 2 heterocycles. The lowest BCUT2D eigenvalue weighted by Gasteiger charge is -2.15. The lowest BCUT2D eigenvalue weighted by Crippen LogP contribution is -2.26. The minimum absolute atomic E-state index is 0.231. The number of carbonyl (C=O) groups is 1. The number of nitrogens with zero attached hydrogens (tertiary/aromatic N) is 2. The Hall–Kier alpha value is -2.21. The molecule has 116 valence electrons. The summed E-state index contributed by atoms with van der Waals surface area (Å²) in [6, 6.07) is 6.53. The monoisotopic (exact) mass is 322 g/mol. The Morgan fingerprint density at radius 1 is 1.41 bits per heavy atom. The van der Waals surface area contributed by atoms with Gasteiger partial charge in [0, 0.05) is 12.4 Å². The fourth-order valence-corrected chi connectivity index (χ4v) is 1.96. The van der Waals surface area contributed by atoms with Gasteiger partial charge in [-0.2, -0.15) is 0 Å². The van der Waals surface area contributed by atoms with Crippen LogP contribution >= 0.6 is 11.6 Å². The number of carbonyl (C=O) groups excluding carboxylic acids is 1. The summed E-state index contributed by atoms with van der Waals surface area (Å²) in [7, 11) is 0. The molecule has 2 aromatic heterocycles. The Labute approximate surface area is 132 Å². The van der Waals surface area contributed by atoms with Gasteiger partial charge in [-0.25, -0.2) is 9.37 Å². The van der Waals surface area contributed by atoms with Crippen molar-refractivity contribution in [3.63, 3.8) is 0 Å². The van der Waals surface area contributed by atoms with Crippen molar-refractivity contribution in [2.45, 2.75) is 19.5 Å². The third-order valence-electron chi connectivity index (χ3n) is 2.90. The van der Waals surface area contributed by atoms with Gasteiger partial charge in [0.1, 0.15) is 11.8 Å². The van der Waals surface area contributed by atoms with Crippen molar-refractivity contribution >= 4 is 23.2 Å². The van der Waals surface area contributed by atoms with Gasteiger partial charge in [-0.1, -0.05) is 17.7 Å². The highest BCUT2D eigenvalue weighted by atomic mass is 35.5. The van der Waals surface area contributed by atoms with Crippen molar-refractivity contribution in [3.05, 3.63) is 53.1 Å². The number of pyridine rings is 2. The van der Waals surface area contributed by atoms with Crippen molar-refractivity contribution in [2.24, 2.45) is 0 Å². The summed E-state index contributed by atoms with van der Waals surface area (Å²) in [4.78, 5) is 20.3. The number of anilines is 1. The first-order valence-electron chi connectivity index (χ1n) is 6.76. The van der Waals surface area contributed by atoms with E-state index in [1.807, 2.05) is 12.1 Å². The Balaban J connectivity index is 2.11. The molecule has 2 rings (SSSR count). The summed E-state index contributed by atoms with van der Waals surface area (Å²) in [5, 5.41) is 5.88. The third-order valence-corrected chi connectivity index (χ3v) is 3.11. The normalized spacial score (nSPS) is 11.8. The quantitative estimate of drug-likeness (QED) is 0.803. The molecule has 0 aliphatic carbocycles. The van der Waals surface area contributed by atoms with Crippen molar-refractivity contribution in [1.82, 2.24) is 15.3 Å². The van der Waals surface area contributed by atoms with Gasteiger partial charge >= 0.3 is 0 Å². The molecule has 1 unspecified atom stereocenters. The zero-order valence-electron chi connectivity index (χ0n) is 12.0. The second kappa shape index (κ2) is 7.70. The minimum Gasteiger partial charge on any atom is -0.379 e. The highest BCUT2D eigenvalue weighted by Crippen LogP contribution is 2.20. The first kappa shape index (κ1) is 16.2. The Morgan fingerprint density at radius 3 is 2.91 bits per heavy atom. The number of halogens is 2. The lowest BCUT2D eigenvalue weighted by atomic mass is 10.2. The van der Waals surface area contributed by atoms with Crippen LogP contribution in [-0.4, -0.2) is 28.6 Å². The number of nitrogens with one attached hydrogen (secondary N) is 2. The predicted molar refractivity (Wildman–Crippen MR) is 83.7 cm³/mol. The van der Waals surface area contributed by atoms with Crippen molar-refractivity contribution in [3.8, 4) is 0 Å². The Kier molecular flexibility index (Phi) is 5.66. The second-order valence-corrected chi connectivity index (χ2v) is 5.14. The highest BCUT2D eigenvalue weighted by Gasteiger charge is 2.14. The molecule has 1 atom stereocenters. The van der Waals surface area contributed by atoms with E-state index in [1.165, 1.54) is 12.3 Å². The third kappa shape index (κ3) is 4.39. The molecule has 7 heteroatoms. The number of alkyl halides is 1. The van der Waals surface area contributed by atoms with Crippen LogP contribution in [0.4, 0.5) is 10.1 Å². The molecule has 22 heavy (non-hydrogen) atoms. The molecule has 0 radical (unpaired) electrons. The number of amides is 1. The molecular formula is C15H16ClFN4O. The van der Waals surface area contributed by atoms with Crippen molar-refractivity contribution in [2.75, 3.05) is 12.0 Å². The standard InChI is InChI=1S/C15H16ClFN4O/c1-10(7-17)21-13-6-14(16)19-9-12(13)15(22)20-8-11-4-2-3-5-18-11/h2-6,9-10H,7-8H2,1H3,(H,19,21)(H,20,22). The molecule has 2 aromatic rings. The molecule has 0 spiro atoms. The van der Waals surface area contributed by atoms with Crippen LogP contribution in [0.25, 0.3) is 0 Å². The zero-order valence-corrected chi connectivity index (χ0v) is 12.8. The van der Waals surface area contributed by atoms with Crippen LogP contribution in [0, 0.1) is 0 Å². The molecule has 0 aliphatic heterocycles. The van der Waals surface area contributed by atoms with Gasteiger partial charge in [-0.05, 0) is 25.1 Å². The van der Waals surface area contributed by atoms with Crippen LogP contribution < -0.4 is 10.6 Å². The largest absolute Gasteiger partial charge is 0.379 e. The number of rotatable bonds is 6. The van der Waals surface area contributed by atoms with Crippen LogP contribution in [0.2, 0.25) is 5.15 Å². The van der Waals surface area contributed by atoms with Crippen molar-refractivity contribution < 1.29 is 9.18 Å². The first-order chi connectivity index (χ1) is 10.6. The van der Waals surface area contributed by atoms with E-state index in [0.717, 1.165) is 5.69 Å². The molecule has 2 N–H and O–H groups in total. The second-order valence-electron chi connectivity index (χ2n) is 4.76. The maximum absolute atomic E-state index is 12.7. The van der Waals surface area contributed by atoms with Crippen LogP contribution in [0.3, 0.4) is 0 Å². The summed E-state index contributed by atoms with van der Waals surface area (Å²) in [5.74, 6) is -0.330. The number of hydrogen-bond acceptors (Lipinski definition) is 4. The molecular weight excluding hydrogens is 307 g/mol. The lowest BCUT2D eigenvalue weighted by molar-refractivity contribution is 0.0951. The van der Waals surface area contributed by atoms with Gasteiger partial charge in [0.15, 0.2) is 0 Å². The smallest absolute Gasteiger partial charge is 0.255 e. The van der Waals surface area contributed by atoms with Gasteiger partial charge in [-0.3, -0.25) is 9.78 Å². The average molecular weight is 323 g/mol. The molecule has 0 saturated heterocycles. The van der Waals surface area contributed by atoms with E-state index < -0.39 is 12.7 Å². The molecule has 0 bridgehead atoms. The van der Waals surface area contributed by atoms with Gasteiger partial charge < -0.3 is 10.6 Å². The minimum atomic E-state index is -0.561. The summed E-state index contributed by atoms with van der Waals surface area (Å²) in [6.45, 7) is 1.40. The summed E-state index contributed by atoms with van der Waals surface area (Å²) >= 11 is 5.83. The number of aromatic nitrogens is 2. The van der Waals surface area contributed by atoms with E-state index in [-0.39, 0.29) is 11.1 Å². The van der Waals surface area contributed by atoms with E-state index in [9.17, 15) is 9.18 Å². The molecule has 5 nitrogen and oxygen atoms in total. The van der Waals surface area contributed by atoms with Crippen LogP contribution in [0.15, 0.2) is 36.7 Å². The van der Waals surface area contributed by atoms with E-state index in [4.69, 9.17) is 11.6 Å². The fourth-order valence-electron chi connectivity index (χ4n) is 1.80. The fraction of sp³-hybridized carbons (Fsp3) is 0.267. The van der Waals surface area contributed by atoms with Crippen LogP contribution in [0.1, 0.15) is 23.0 Å². The van der Waals surface area contributed by atoms with Gasteiger partial charge in [0.2, 0.25) is 0 Å². The maximum atomic E-state index is 12.7. The van der Waals surface area contributed by atoms with Gasteiger partial charge in [-0.15, -0.1) is 0 Å². The summed E-state index contributed by atoms with van der Waals surface area (Å²) in [5.41, 5.74) is 1.49. The summed E-state index contributed by atoms with van der Waals surface area (Å²) < 4.78 is 12.7. The first-order valence-corrected chi connectivity index (χ1v) is 7.14. The molecule has 0 saturated carbocycles. The molecule has 0 aromatic carbocycles. The topological polar surface area (TPSA) is 66.9 Å². The van der Waals surface area contributed by atoms with Crippen LogP contribution in [0.5, 0.6) is 0 Å². The highest BCUT2D eigenvalue weighted by molar-refractivity contribution is 6.29. The van der Waals surface area contributed by atoms with E-state index in [0.29, 0.717) is 17.8 Å². The van der Waals surface area contributed by atoms with E-state index in [1.54, 1.807) is 19.2 Å². The predicted octanol–water partition coefficient (Wildman–Crippen LogP) is 2.83.